The molecule has 0 aromatic carbocycles. The molecule has 2 aliphatic rings. The number of hydrogen-bond acceptors (Lipinski definition) is 6. The molecule has 0 N–H and O–H groups in total. The fraction of sp³-hybridized carbons (Fsp3) is 0.900. The SMILES string of the molecule is CCOCCCN1CCC(=O)CC1.CCOCCCN1CCC(=O)CC1. The van der Waals surface area contributed by atoms with Crippen LogP contribution < -0.4 is 0 Å². The highest BCUT2D eigenvalue weighted by atomic mass is 16.5. The summed E-state index contributed by atoms with van der Waals surface area (Å²) >= 11 is 0. The summed E-state index contributed by atoms with van der Waals surface area (Å²) in [7, 11) is 0. The minimum absolute atomic E-state index is 0.418. The van der Waals surface area contributed by atoms with Gasteiger partial charge in [-0.05, 0) is 26.7 Å². The number of carbonyl (C=O) groups excluding carboxylic acids is 2. The van der Waals surface area contributed by atoms with Crippen LogP contribution in [0.3, 0.4) is 0 Å². The molecule has 0 atom stereocenters. The molecule has 0 aromatic heterocycles. The molecular weight excluding hydrogens is 332 g/mol. The molecule has 152 valence electrons. The molecule has 0 aromatic rings. The van der Waals surface area contributed by atoms with Crippen molar-refractivity contribution < 1.29 is 19.1 Å². The van der Waals surface area contributed by atoms with Gasteiger partial charge in [-0.25, -0.2) is 0 Å². The quantitative estimate of drug-likeness (QED) is 0.549. The first kappa shape index (κ1) is 23.2. The monoisotopic (exact) mass is 370 g/mol. The Morgan fingerprint density at radius 2 is 1.04 bits per heavy atom. The van der Waals surface area contributed by atoms with Crippen LogP contribution in [-0.2, 0) is 19.1 Å². The summed E-state index contributed by atoms with van der Waals surface area (Å²) < 4.78 is 10.5. The van der Waals surface area contributed by atoms with Gasteiger partial charge in [0.2, 0.25) is 0 Å². The molecule has 0 saturated carbocycles. The van der Waals surface area contributed by atoms with Gasteiger partial charge >= 0.3 is 0 Å². The summed E-state index contributed by atoms with van der Waals surface area (Å²) in [6.45, 7) is 13.3. The van der Waals surface area contributed by atoms with Crippen LogP contribution in [0.4, 0.5) is 0 Å². The van der Waals surface area contributed by atoms with Crippen molar-refractivity contribution in [3.05, 3.63) is 0 Å². The van der Waals surface area contributed by atoms with Gasteiger partial charge in [0.15, 0.2) is 0 Å². The van der Waals surface area contributed by atoms with Crippen LogP contribution in [-0.4, -0.2) is 87.1 Å². The van der Waals surface area contributed by atoms with E-state index in [0.29, 0.717) is 11.6 Å². The number of Topliss-reactive ketones (excluding diaryl/α,β-unsaturated/α-hetero) is 2. The largest absolute Gasteiger partial charge is 0.382 e. The predicted octanol–water partition coefficient (Wildman–Crippen LogP) is 2.16. The summed E-state index contributed by atoms with van der Waals surface area (Å²) in [5, 5.41) is 0. The van der Waals surface area contributed by atoms with Gasteiger partial charge in [0.1, 0.15) is 11.6 Å². The van der Waals surface area contributed by atoms with Crippen molar-refractivity contribution in [1.82, 2.24) is 9.80 Å². The summed E-state index contributed by atoms with van der Waals surface area (Å²) in [6, 6.07) is 0. The highest BCUT2D eigenvalue weighted by molar-refractivity contribution is 5.79. The molecular formula is C20H38N2O4. The first-order valence-electron chi connectivity index (χ1n) is 10.3. The third kappa shape index (κ3) is 11.7. The van der Waals surface area contributed by atoms with E-state index in [1.54, 1.807) is 0 Å². The zero-order valence-corrected chi connectivity index (χ0v) is 16.8. The van der Waals surface area contributed by atoms with Crippen molar-refractivity contribution in [2.45, 2.75) is 52.4 Å². The van der Waals surface area contributed by atoms with E-state index < -0.39 is 0 Å². The molecule has 2 fully saturated rings. The fourth-order valence-electron chi connectivity index (χ4n) is 3.12. The lowest BCUT2D eigenvalue weighted by molar-refractivity contribution is -0.122. The van der Waals surface area contributed by atoms with Crippen molar-refractivity contribution in [3.63, 3.8) is 0 Å². The Kier molecular flexibility index (Phi) is 13.6. The molecule has 6 nitrogen and oxygen atoms in total. The maximum absolute atomic E-state index is 10.9. The van der Waals surface area contributed by atoms with Crippen LogP contribution in [0.25, 0.3) is 0 Å². The van der Waals surface area contributed by atoms with E-state index in [9.17, 15) is 9.59 Å². The third-order valence-corrected chi connectivity index (χ3v) is 4.76. The van der Waals surface area contributed by atoms with Crippen molar-refractivity contribution >= 4 is 11.6 Å². The van der Waals surface area contributed by atoms with E-state index in [1.165, 1.54) is 0 Å². The average Bonchev–Trinajstić information content (AvgIpc) is 2.66. The Morgan fingerprint density at radius 1 is 0.692 bits per heavy atom. The van der Waals surface area contributed by atoms with Gasteiger partial charge in [-0.2, -0.15) is 0 Å². The summed E-state index contributed by atoms with van der Waals surface area (Å²) in [5.41, 5.74) is 0. The highest BCUT2D eigenvalue weighted by Crippen LogP contribution is 2.06. The molecule has 2 rings (SSSR count). The summed E-state index contributed by atoms with van der Waals surface area (Å²) in [4.78, 5) is 26.6. The van der Waals surface area contributed by atoms with Gasteiger partial charge in [0.25, 0.3) is 0 Å². The smallest absolute Gasteiger partial charge is 0.135 e. The summed E-state index contributed by atoms with van der Waals surface area (Å²) in [5.74, 6) is 0.835. The lowest BCUT2D eigenvalue weighted by Crippen LogP contribution is -2.34. The number of carbonyl (C=O) groups is 2. The minimum Gasteiger partial charge on any atom is -0.382 e. The topological polar surface area (TPSA) is 59.1 Å². The van der Waals surface area contributed by atoms with Crippen LogP contribution in [0.15, 0.2) is 0 Å². The number of nitrogens with zero attached hydrogens (tertiary/aromatic N) is 2. The van der Waals surface area contributed by atoms with E-state index in [2.05, 4.69) is 9.80 Å². The second-order valence-corrected chi connectivity index (χ2v) is 6.86. The molecule has 0 amide bonds. The van der Waals surface area contributed by atoms with E-state index in [-0.39, 0.29) is 0 Å². The molecule has 0 spiro atoms. The van der Waals surface area contributed by atoms with E-state index in [0.717, 1.165) is 104 Å². The van der Waals surface area contributed by atoms with Crippen LogP contribution in [0.2, 0.25) is 0 Å². The molecule has 0 unspecified atom stereocenters. The van der Waals surface area contributed by atoms with Gasteiger partial charge in [-0.1, -0.05) is 0 Å². The molecule has 2 saturated heterocycles. The van der Waals surface area contributed by atoms with Crippen LogP contribution >= 0.6 is 0 Å². The maximum atomic E-state index is 10.9. The Labute approximate surface area is 159 Å². The number of likely N-dealkylation sites (tertiary alicyclic amines) is 2. The zero-order valence-electron chi connectivity index (χ0n) is 16.8. The van der Waals surface area contributed by atoms with E-state index in [4.69, 9.17) is 9.47 Å². The number of hydrogen-bond donors (Lipinski definition) is 0. The Balaban J connectivity index is 0.000000260. The number of piperidine rings is 2. The molecule has 0 radical (unpaired) electrons. The van der Waals surface area contributed by atoms with Gasteiger partial charge in [0, 0.05) is 91.4 Å². The second kappa shape index (κ2) is 15.3. The molecule has 6 heteroatoms. The molecule has 2 heterocycles. The Morgan fingerprint density at radius 3 is 1.35 bits per heavy atom. The standard InChI is InChI=1S/2C10H19NO2/c2*1-2-13-9-3-6-11-7-4-10(12)5-8-11/h2*2-9H2,1H3. The Bertz CT molecular complexity index is 334. The van der Waals surface area contributed by atoms with Crippen molar-refractivity contribution in [2.24, 2.45) is 0 Å². The average molecular weight is 371 g/mol. The minimum atomic E-state index is 0.418. The van der Waals surface area contributed by atoms with E-state index in [1.807, 2.05) is 13.8 Å². The van der Waals surface area contributed by atoms with Crippen LogP contribution in [0.5, 0.6) is 0 Å². The van der Waals surface area contributed by atoms with Gasteiger partial charge in [0.05, 0.1) is 0 Å². The normalized spacial score (nSPS) is 19.3. The first-order valence-corrected chi connectivity index (χ1v) is 10.3. The lowest BCUT2D eigenvalue weighted by Gasteiger charge is -2.25. The van der Waals surface area contributed by atoms with Gasteiger partial charge in [-0.15, -0.1) is 0 Å². The highest BCUT2D eigenvalue weighted by Gasteiger charge is 2.15. The number of rotatable bonds is 10. The van der Waals surface area contributed by atoms with E-state index >= 15 is 0 Å². The number of ketones is 2. The van der Waals surface area contributed by atoms with Crippen molar-refractivity contribution in [2.75, 3.05) is 65.7 Å². The molecule has 0 bridgehead atoms. The van der Waals surface area contributed by atoms with Gasteiger partial charge < -0.3 is 19.3 Å². The lowest BCUT2D eigenvalue weighted by atomic mass is 10.1. The van der Waals surface area contributed by atoms with Crippen LogP contribution in [0, 0.1) is 0 Å². The molecule has 0 aliphatic carbocycles. The molecule has 26 heavy (non-hydrogen) atoms. The van der Waals surface area contributed by atoms with Gasteiger partial charge in [-0.3, -0.25) is 9.59 Å². The third-order valence-electron chi connectivity index (χ3n) is 4.76. The van der Waals surface area contributed by atoms with Crippen molar-refractivity contribution in [3.8, 4) is 0 Å². The maximum Gasteiger partial charge on any atom is 0.135 e. The molecule has 2 aliphatic heterocycles. The number of ether oxygens (including phenoxy) is 2. The summed E-state index contributed by atoms with van der Waals surface area (Å²) in [6.07, 6.45) is 5.15. The zero-order chi connectivity index (χ0) is 19.0. The Hall–Kier alpha value is -0.820. The predicted molar refractivity (Wildman–Crippen MR) is 104 cm³/mol. The first-order chi connectivity index (χ1) is 12.7. The van der Waals surface area contributed by atoms with Crippen LogP contribution in [0.1, 0.15) is 52.4 Å². The second-order valence-electron chi connectivity index (χ2n) is 6.86. The van der Waals surface area contributed by atoms with Crippen molar-refractivity contribution in [1.29, 1.82) is 0 Å². The fourth-order valence-corrected chi connectivity index (χ4v) is 3.12.